The predicted octanol–water partition coefficient (Wildman–Crippen LogP) is 15.2. The first-order chi connectivity index (χ1) is 29.0. The Bertz CT molecular complexity index is 3520. The van der Waals surface area contributed by atoms with Crippen molar-refractivity contribution in [3.05, 3.63) is 216 Å². The van der Waals surface area contributed by atoms with Crippen molar-refractivity contribution in [1.82, 2.24) is 9.13 Å². The Morgan fingerprint density at radius 2 is 0.881 bits per heavy atom. The summed E-state index contributed by atoms with van der Waals surface area (Å²) < 4.78 is 4.78. The fourth-order valence-electron chi connectivity index (χ4n) is 9.93. The van der Waals surface area contributed by atoms with Crippen molar-refractivity contribution in [2.75, 3.05) is 0 Å². The zero-order chi connectivity index (χ0) is 39.2. The average Bonchev–Trinajstić information content (AvgIpc) is 3.88. The third-order valence-electron chi connectivity index (χ3n) is 12.9. The highest BCUT2D eigenvalue weighted by Crippen LogP contribution is 2.50. The molecule has 2 heteroatoms. The molecule has 0 aliphatic heterocycles. The van der Waals surface area contributed by atoms with Gasteiger partial charge in [-0.15, -0.1) is 0 Å². The SMILES string of the molecule is CC1(C)c2cc(C=Cc3ccc4c(c3)c3ccccc3n4-c3ccccc3)ccc2-c2ccc(-c3ccc4c(c3)c3ccccc3n4-c3ccc4ccccc4c3)cc21. The molecule has 59 heavy (non-hydrogen) atoms. The molecule has 0 atom stereocenters. The largest absolute Gasteiger partial charge is 0.309 e. The van der Waals surface area contributed by atoms with Crippen LogP contribution >= 0.6 is 0 Å². The first kappa shape index (κ1) is 33.7. The Balaban J connectivity index is 0.882. The van der Waals surface area contributed by atoms with Crippen LogP contribution in [-0.2, 0) is 5.41 Å². The van der Waals surface area contributed by atoms with Crippen LogP contribution < -0.4 is 0 Å². The van der Waals surface area contributed by atoms with Gasteiger partial charge in [0.05, 0.1) is 22.1 Å². The lowest BCUT2D eigenvalue weighted by Crippen LogP contribution is -2.15. The third-order valence-corrected chi connectivity index (χ3v) is 12.9. The molecule has 0 bridgehead atoms. The normalized spacial score (nSPS) is 13.3. The van der Waals surface area contributed by atoms with E-state index in [2.05, 4.69) is 229 Å². The number of aromatic nitrogens is 2. The maximum absolute atomic E-state index is 2.44. The summed E-state index contributed by atoms with van der Waals surface area (Å²) in [6.45, 7) is 4.76. The van der Waals surface area contributed by atoms with Gasteiger partial charge < -0.3 is 9.13 Å². The minimum Gasteiger partial charge on any atom is -0.309 e. The number of para-hydroxylation sites is 3. The number of benzene rings is 9. The number of nitrogens with zero attached hydrogens (tertiary/aromatic N) is 2. The molecule has 0 amide bonds. The molecule has 0 saturated heterocycles. The molecule has 1 aliphatic carbocycles. The monoisotopic (exact) mass is 752 g/mol. The molecular weight excluding hydrogens is 713 g/mol. The topological polar surface area (TPSA) is 9.86 Å². The second kappa shape index (κ2) is 12.8. The molecule has 2 aromatic heterocycles. The highest BCUT2D eigenvalue weighted by atomic mass is 15.0. The summed E-state index contributed by atoms with van der Waals surface area (Å²) in [4.78, 5) is 0. The molecule has 0 N–H and O–H groups in total. The lowest BCUT2D eigenvalue weighted by Gasteiger charge is -2.22. The van der Waals surface area contributed by atoms with Crippen LogP contribution in [0.3, 0.4) is 0 Å². The molecule has 1 aliphatic rings. The maximum Gasteiger partial charge on any atom is 0.0541 e. The van der Waals surface area contributed by atoms with Crippen LogP contribution in [0.1, 0.15) is 36.1 Å². The average molecular weight is 753 g/mol. The Morgan fingerprint density at radius 1 is 0.356 bits per heavy atom. The second-order valence-electron chi connectivity index (χ2n) is 16.6. The summed E-state index contributed by atoms with van der Waals surface area (Å²) in [5.41, 5.74) is 17.4. The van der Waals surface area contributed by atoms with Gasteiger partial charge in [-0.25, -0.2) is 0 Å². The van der Waals surface area contributed by atoms with E-state index in [4.69, 9.17) is 0 Å². The number of hydrogen-bond donors (Lipinski definition) is 0. The van der Waals surface area contributed by atoms with Gasteiger partial charge in [-0.3, -0.25) is 0 Å². The minimum atomic E-state index is -0.140. The minimum absolute atomic E-state index is 0.140. The molecule has 0 unspecified atom stereocenters. The van der Waals surface area contributed by atoms with Crippen molar-refractivity contribution in [3.63, 3.8) is 0 Å². The van der Waals surface area contributed by atoms with Crippen LogP contribution in [0.5, 0.6) is 0 Å². The van der Waals surface area contributed by atoms with Gasteiger partial charge in [0.25, 0.3) is 0 Å². The molecular formula is C57H40N2. The zero-order valence-electron chi connectivity index (χ0n) is 33.0. The summed E-state index contributed by atoms with van der Waals surface area (Å²) in [5.74, 6) is 0. The van der Waals surface area contributed by atoms with Crippen molar-refractivity contribution < 1.29 is 0 Å². The van der Waals surface area contributed by atoms with E-state index in [1.165, 1.54) is 110 Å². The van der Waals surface area contributed by atoms with E-state index < -0.39 is 0 Å². The second-order valence-corrected chi connectivity index (χ2v) is 16.6. The highest BCUT2D eigenvalue weighted by molar-refractivity contribution is 6.11. The van der Waals surface area contributed by atoms with Crippen LogP contribution in [-0.4, -0.2) is 9.13 Å². The van der Waals surface area contributed by atoms with E-state index in [-0.39, 0.29) is 5.41 Å². The molecule has 0 radical (unpaired) electrons. The van der Waals surface area contributed by atoms with Crippen molar-refractivity contribution in [2.45, 2.75) is 19.3 Å². The van der Waals surface area contributed by atoms with E-state index in [1.807, 2.05) is 0 Å². The van der Waals surface area contributed by atoms with Gasteiger partial charge in [0, 0.05) is 38.3 Å². The first-order valence-corrected chi connectivity index (χ1v) is 20.6. The van der Waals surface area contributed by atoms with Crippen molar-refractivity contribution in [3.8, 4) is 33.6 Å². The number of hydrogen-bond acceptors (Lipinski definition) is 0. The third kappa shape index (κ3) is 5.20. The molecule has 2 heterocycles. The molecule has 0 spiro atoms. The fraction of sp³-hybridized carbons (Fsp3) is 0.0526. The van der Waals surface area contributed by atoms with E-state index in [1.54, 1.807) is 0 Å². The van der Waals surface area contributed by atoms with Gasteiger partial charge in [-0.05, 0) is 122 Å². The number of fused-ring (bicyclic) bond motifs is 10. The Morgan fingerprint density at radius 3 is 1.64 bits per heavy atom. The first-order valence-electron chi connectivity index (χ1n) is 20.6. The van der Waals surface area contributed by atoms with Crippen molar-refractivity contribution >= 4 is 66.5 Å². The molecule has 12 rings (SSSR count). The van der Waals surface area contributed by atoms with Crippen molar-refractivity contribution in [2.24, 2.45) is 0 Å². The van der Waals surface area contributed by atoms with Gasteiger partial charge in [-0.1, -0.05) is 153 Å². The molecule has 2 nitrogen and oxygen atoms in total. The Labute approximate surface area is 343 Å². The molecule has 11 aromatic rings. The summed E-state index contributed by atoms with van der Waals surface area (Å²) in [5, 5.41) is 7.58. The number of rotatable bonds is 5. The fourth-order valence-corrected chi connectivity index (χ4v) is 9.93. The Hall–Kier alpha value is -7.42. The quantitative estimate of drug-likeness (QED) is 0.155. The summed E-state index contributed by atoms with van der Waals surface area (Å²) in [7, 11) is 0. The summed E-state index contributed by atoms with van der Waals surface area (Å²) >= 11 is 0. The zero-order valence-corrected chi connectivity index (χ0v) is 33.0. The summed E-state index contributed by atoms with van der Waals surface area (Å²) in [6.07, 6.45) is 4.53. The van der Waals surface area contributed by atoms with E-state index in [0.717, 1.165) is 0 Å². The molecule has 278 valence electrons. The molecule has 0 saturated carbocycles. The lowest BCUT2D eigenvalue weighted by atomic mass is 9.81. The van der Waals surface area contributed by atoms with E-state index >= 15 is 0 Å². The predicted molar refractivity (Wildman–Crippen MR) is 251 cm³/mol. The standard InChI is InChI=1S/C57H40N2/c1-57(2)51-33-38(21-20-37-23-30-55-49(32-37)47-16-8-10-18-53(47)58(55)43-14-4-3-5-15-43)22-28-45(51)46-29-25-42(36-52(46)57)41-26-31-56-50(35-41)48-17-9-11-19-54(48)59(56)44-27-24-39-12-6-7-13-40(39)34-44/h3-36H,1-2H3. The van der Waals surface area contributed by atoms with Crippen molar-refractivity contribution in [1.29, 1.82) is 0 Å². The van der Waals surface area contributed by atoms with Crippen LogP contribution in [0.25, 0.3) is 100 Å². The van der Waals surface area contributed by atoms with Gasteiger partial charge in [0.2, 0.25) is 0 Å². The van der Waals surface area contributed by atoms with E-state index in [0.29, 0.717) is 0 Å². The maximum atomic E-state index is 2.44. The molecule has 0 fully saturated rings. The van der Waals surface area contributed by atoms with Crippen LogP contribution in [0.4, 0.5) is 0 Å². The highest BCUT2D eigenvalue weighted by Gasteiger charge is 2.35. The van der Waals surface area contributed by atoms with Crippen LogP contribution in [0.2, 0.25) is 0 Å². The van der Waals surface area contributed by atoms with Crippen LogP contribution in [0.15, 0.2) is 194 Å². The van der Waals surface area contributed by atoms with Gasteiger partial charge in [-0.2, -0.15) is 0 Å². The lowest BCUT2D eigenvalue weighted by molar-refractivity contribution is 0.660. The smallest absolute Gasteiger partial charge is 0.0541 e. The van der Waals surface area contributed by atoms with Crippen LogP contribution in [0, 0.1) is 0 Å². The van der Waals surface area contributed by atoms with E-state index in [9.17, 15) is 0 Å². The molecule has 9 aromatic carbocycles. The van der Waals surface area contributed by atoms with Gasteiger partial charge in [0.15, 0.2) is 0 Å². The summed E-state index contributed by atoms with van der Waals surface area (Å²) in [6, 6.07) is 71.5. The van der Waals surface area contributed by atoms with Gasteiger partial charge in [0.1, 0.15) is 0 Å². The Kier molecular flexibility index (Phi) is 7.31. The van der Waals surface area contributed by atoms with Gasteiger partial charge >= 0.3 is 0 Å².